The average Bonchev–Trinajstić information content (AvgIpc) is 2.92. The van der Waals surface area contributed by atoms with Crippen molar-refractivity contribution in [2.24, 2.45) is 10.7 Å². The number of ether oxygens (including phenoxy) is 3. The molecule has 3 rings (SSSR count). The number of aromatic nitrogens is 1. The Kier molecular flexibility index (Phi) is 6.73. The molecule has 0 spiro atoms. The maximum atomic E-state index is 6.04. The van der Waals surface area contributed by atoms with E-state index >= 15 is 0 Å². The summed E-state index contributed by atoms with van der Waals surface area (Å²) in [6.45, 7) is 4.46. The van der Waals surface area contributed by atoms with Gasteiger partial charge in [-0.05, 0) is 24.6 Å². The highest BCUT2D eigenvalue weighted by Crippen LogP contribution is 2.32. The molecule has 0 saturated carbocycles. The first kappa shape index (κ1) is 18.8. The van der Waals surface area contributed by atoms with E-state index in [1.807, 2.05) is 30.3 Å². The second-order valence-electron chi connectivity index (χ2n) is 6.21. The number of aliphatic imine (C=N–C) groups is 1. The van der Waals surface area contributed by atoms with Crippen molar-refractivity contribution in [2.75, 3.05) is 25.1 Å². The van der Waals surface area contributed by atoms with Crippen molar-refractivity contribution in [3.8, 4) is 17.4 Å². The molecule has 7 nitrogen and oxygen atoms in total. The van der Waals surface area contributed by atoms with E-state index in [4.69, 9.17) is 19.9 Å². The SMILES string of the molecule is CCCCOc1ncccc1CN=C(N)Nc1ccc2c(c1)OCCCO2. The maximum Gasteiger partial charge on any atom is 0.218 e. The molecule has 1 aliphatic rings. The number of hydrogen-bond donors (Lipinski definition) is 2. The van der Waals surface area contributed by atoms with Crippen molar-refractivity contribution >= 4 is 11.6 Å². The summed E-state index contributed by atoms with van der Waals surface area (Å²) in [6, 6.07) is 9.44. The van der Waals surface area contributed by atoms with Gasteiger partial charge in [0.2, 0.25) is 5.88 Å². The number of hydrogen-bond acceptors (Lipinski definition) is 5. The number of nitrogens with two attached hydrogens (primary N) is 1. The van der Waals surface area contributed by atoms with Gasteiger partial charge in [-0.25, -0.2) is 9.98 Å². The second-order valence-corrected chi connectivity index (χ2v) is 6.21. The summed E-state index contributed by atoms with van der Waals surface area (Å²) in [5.74, 6) is 2.38. The highest BCUT2D eigenvalue weighted by Gasteiger charge is 2.11. The van der Waals surface area contributed by atoms with Gasteiger partial charge in [0.15, 0.2) is 17.5 Å². The van der Waals surface area contributed by atoms with Gasteiger partial charge in [0, 0.05) is 29.9 Å². The molecule has 2 aromatic rings. The van der Waals surface area contributed by atoms with Gasteiger partial charge in [-0.2, -0.15) is 0 Å². The fraction of sp³-hybridized carbons (Fsp3) is 0.400. The van der Waals surface area contributed by atoms with Crippen molar-refractivity contribution < 1.29 is 14.2 Å². The Balaban J connectivity index is 1.62. The zero-order valence-corrected chi connectivity index (χ0v) is 15.6. The van der Waals surface area contributed by atoms with Crippen LogP contribution in [0, 0.1) is 0 Å². The Morgan fingerprint density at radius 1 is 1.26 bits per heavy atom. The highest BCUT2D eigenvalue weighted by molar-refractivity contribution is 5.92. The number of pyridine rings is 1. The minimum absolute atomic E-state index is 0.313. The lowest BCUT2D eigenvalue weighted by Crippen LogP contribution is -2.22. The zero-order chi connectivity index (χ0) is 18.9. The monoisotopic (exact) mass is 370 g/mol. The van der Waals surface area contributed by atoms with Gasteiger partial charge in [0.25, 0.3) is 0 Å². The smallest absolute Gasteiger partial charge is 0.218 e. The minimum Gasteiger partial charge on any atom is -0.490 e. The second kappa shape index (κ2) is 9.66. The van der Waals surface area contributed by atoms with E-state index in [9.17, 15) is 0 Å². The van der Waals surface area contributed by atoms with Gasteiger partial charge in [-0.1, -0.05) is 19.4 Å². The first-order chi connectivity index (χ1) is 13.3. The molecule has 0 bridgehead atoms. The van der Waals surface area contributed by atoms with Crippen LogP contribution in [0.1, 0.15) is 31.7 Å². The normalized spacial score (nSPS) is 13.7. The molecule has 0 atom stereocenters. The van der Waals surface area contributed by atoms with Gasteiger partial charge >= 0.3 is 0 Å². The number of benzene rings is 1. The Hall–Kier alpha value is -2.96. The molecular formula is C20H26N4O3. The summed E-state index contributed by atoms with van der Waals surface area (Å²) in [6.07, 6.45) is 4.66. The van der Waals surface area contributed by atoms with Crippen LogP contribution >= 0.6 is 0 Å². The first-order valence-electron chi connectivity index (χ1n) is 9.29. The van der Waals surface area contributed by atoms with Crippen LogP contribution in [0.4, 0.5) is 5.69 Å². The molecule has 27 heavy (non-hydrogen) atoms. The van der Waals surface area contributed by atoms with Crippen molar-refractivity contribution in [1.82, 2.24) is 4.98 Å². The maximum absolute atomic E-state index is 6.04. The van der Waals surface area contributed by atoms with Crippen molar-refractivity contribution in [3.05, 3.63) is 42.1 Å². The molecule has 0 saturated heterocycles. The largest absolute Gasteiger partial charge is 0.490 e. The molecule has 0 amide bonds. The Labute approximate surface area is 159 Å². The van der Waals surface area contributed by atoms with E-state index in [0.717, 1.165) is 36.3 Å². The number of fused-ring (bicyclic) bond motifs is 1. The summed E-state index contributed by atoms with van der Waals surface area (Å²) in [5.41, 5.74) is 7.74. The van der Waals surface area contributed by atoms with Crippen LogP contribution in [0.5, 0.6) is 17.4 Å². The van der Waals surface area contributed by atoms with Crippen LogP contribution in [0.2, 0.25) is 0 Å². The lowest BCUT2D eigenvalue weighted by molar-refractivity contribution is 0.294. The molecule has 0 aliphatic carbocycles. The number of rotatable bonds is 7. The first-order valence-corrected chi connectivity index (χ1v) is 9.29. The van der Waals surface area contributed by atoms with E-state index in [2.05, 4.69) is 22.2 Å². The molecule has 3 N–H and O–H groups in total. The van der Waals surface area contributed by atoms with Crippen molar-refractivity contribution in [3.63, 3.8) is 0 Å². The topological polar surface area (TPSA) is 91.0 Å². The van der Waals surface area contributed by atoms with E-state index < -0.39 is 0 Å². The predicted molar refractivity (Wildman–Crippen MR) is 106 cm³/mol. The third-order valence-corrected chi connectivity index (χ3v) is 4.03. The molecule has 144 valence electrons. The number of nitrogens with one attached hydrogen (secondary N) is 1. The van der Waals surface area contributed by atoms with Gasteiger partial charge in [-0.15, -0.1) is 0 Å². The van der Waals surface area contributed by atoms with Gasteiger partial charge < -0.3 is 25.3 Å². The molecular weight excluding hydrogens is 344 g/mol. The fourth-order valence-electron chi connectivity index (χ4n) is 2.59. The molecule has 0 unspecified atom stereocenters. The van der Waals surface area contributed by atoms with Crippen LogP contribution in [-0.4, -0.2) is 30.8 Å². The quantitative estimate of drug-likeness (QED) is 0.441. The van der Waals surface area contributed by atoms with Crippen LogP contribution in [0.15, 0.2) is 41.5 Å². The lowest BCUT2D eigenvalue weighted by Gasteiger charge is -2.11. The molecule has 1 aromatic heterocycles. The van der Waals surface area contributed by atoms with Gasteiger partial charge in [-0.3, -0.25) is 0 Å². The Morgan fingerprint density at radius 3 is 2.96 bits per heavy atom. The highest BCUT2D eigenvalue weighted by atomic mass is 16.5. The van der Waals surface area contributed by atoms with E-state index in [1.54, 1.807) is 6.20 Å². The van der Waals surface area contributed by atoms with Crippen LogP contribution in [0.3, 0.4) is 0 Å². The third kappa shape index (κ3) is 5.51. The molecule has 1 aromatic carbocycles. The summed E-state index contributed by atoms with van der Waals surface area (Å²) >= 11 is 0. The average molecular weight is 370 g/mol. The number of unbranched alkanes of at least 4 members (excludes halogenated alkanes) is 1. The van der Waals surface area contributed by atoms with Crippen molar-refractivity contribution in [2.45, 2.75) is 32.7 Å². The zero-order valence-electron chi connectivity index (χ0n) is 15.6. The van der Waals surface area contributed by atoms with E-state index in [1.165, 1.54) is 0 Å². The molecule has 7 heteroatoms. The summed E-state index contributed by atoms with van der Waals surface area (Å²) in [5, 5.41) is 3.09. The number of nitrogens with zero attached hydrogens (tertiary/aromatic N) is 2. The number of guanidine groups is 1. The van der Waals surface area contributed by atoms with Crippen LogP contribution in [0.25, 0.3) is 0 Å². The van der Waals surface area contributed by atoms with Crippen LogP contribution in [-0.2, 0) is 6.54 Å². The van der Waals surface area contributed by atoms with E-state index in [0.29, 0.717) is 44.0 Å². The summed E-state index contributed by atoms with van der Waals surface area (Å²) in [7, 11) is 0. The summed E-state index contributed by atoms with van der Waals surface area (Å²) < 4.78 is 17.1. The molecule has 0 fully saturated rings. The Bertz CT molecular complexity index is 780. The third-order valence-electron chi connectivity index (χ3n) is 4.03. The Morgan fingerprint density at radius 2 is 2.11 bits per heavy atom. The lowest BCUT2D eigenvalue weighted by atomic mass is 10.2. The number of anilines is 1. The minimum atomic E-state index is 0.313. The standard InChI is InChI=1S/C20H26N4O3/c1-2-3-10-27-19-15(6-4-9-22-19)14-23-20(21)24-16-7-8-17-18(13-16)26-12-5-11-25-17/h4,6-9,13H,2-3,5,10-12,14H2,1H3,(H3,21,23,24). The van der Waals surface area contributed by atoms with Gasteiger partial charge in [0.1, 0.15) is 0 Å². The molecule has 2 heterocycles. The summed E-state index contributed by atoms with van der Waals surface area (Å²) in [4.78, 5) is 8.69. The van der Waals surface area contributed by atoms with Crippen LogP contribution < -0.4 is 25.3 Å². The van der Waals surface area contributed by atoms with E-state index in [-0.39, 0.29) is 0 Å². The fourth-order valence-corrected chi connectivity index (χ4v) is 2.59. The molecule has 0 radical (unpaired) electrons. The predicted octanol–water partition coefficient (Wildman–Crippen LogP) is 3.35. The molecule has 1 aliphatic heterocycles. The van der Waals surface area contributed by atoms with Crippen molar-refractivity contribution in [1.29, 1.82) is 0 Å². The van der Waals surface area contributed by atoms with Gasteiger partial charge in [0.05, 0.1) is 26.4 Å².